The summed E-state index contributed by atoms with van der Waals surface area (Å²) < 4.78 is 34.3. The molecule has 8 rings (SSSR count). The molecule has 0 bridgehead atoms. The van der Waals surface area contributed by atoms with Gasteiger partial charge in [0, 0.05) is 69.8 Å². The van der Waals surface area contributed by atoms with Gasteiger partial charge in [-0.2, -0.15) is 0 Å². The van der Waals surface area contributed by atoms with Crippen LogP contribution in [0.1, 0.15) is 48.9 Å². The first-order valence-electron chi connectivity index (χ1n) is 18.3. The van der Waals surface area contributed by atoms with E-state index in [1.807, 2.05) is 4.90 Å². The van der Waals surface area contributed by atoms with E-state index in [4.69, 9.17) is 14.2 Å². The highest BCUT2D eigenvalue weighted by molar-refractivity contribution is 6.20. The van der Waals surface area contributed by atoms with Crippen molar-refractivity contribution in [3.63, 3.8) is 0 Å². The molecule has 272 valence electrons. The molecule has 8 atom stereocenters. The van der Waals surface area contributed by atoms with Crippen molar-refractivity contribution in [3.05, 3.63) is 54.0 Å². The second-order valence-corrected chi connectivity index (χ2v) is 14.5. The normalized spacial score (nSPS) is 32.1. The Kier molecular flexibility index (Phi) is 9.30. The number of para-hydroxylation sites is 1. The molecule has 1 aromatic carbocycles. The molecule has 0 spiro atoms. The van der Waals surface area contributed by atoms with Gasteiger partial charge in [0.1, 0.15) is 6.17 Å². The standard InChI is InChI=1S/C37H46FN7O6/c1-49-29-10-5-7-23(33(29)50-2)35(47)41-22-11-14-44(20-22)31-26(38)19-24-30-34(31)51-28-9-4-3-8-27(28)45(30)21-25(32(24)46)36(48)42-15-17-43(18-16-42)37-39-12-6-13-40-37/h5-7,10,12-13,21-22,24,26-28,30-31,34H,3-4,8-9,11,14-20H2,1-2H3,(H,41,47). The van der Waals surface area contributed by atoms with Crippen LogP contribution in [0.5, 0.6) is 11.5 Å². The SMILES string of the molecule is COc1cccc(C(=O)NC2CCN(C3C(F)CC4C(=O)C(C(=O)N5CCN(c6ncccn6)CC5)=CN5C6CCCCC6OC3C45)C2)c1OC. The van der Waals surface area contributed by atoms with Crippen LogP contribution in [0.3, 0.4) is 0 Å². The number of ketones is 1. The fourth-order valence-electron chi connectivity index (χ4n) is 9.39. The average molecular weight is 704 g/mol. The molecule has 2 aromatic rings. The Bertz CT molecular complexity index is 1670. The van der Waals surface area contributed by atoms with E-state index in [1.165, 1.54) is 14.2 Å². The molecule has 4 aliphatic heterocycles. The molecular formula is C37H46FN7O6. The van der Waals surface area contributed by atoms with Crippen molar-refractivity contribution in [2.45, 2.75) is 81.1 Å². The Balaban J connectivity index is 1.00. The van der Waals surface area contributed by atoms with Crippen LogP contribution in [0.15, 0.2) is 48.4 Å². The van der Waals surface area contributed by atoms with Crippen molar-refractivity contribution in [2.24, 2.45) is 5.92 Å². The molecule has 1 aromatic heterocycles. The lowest BCUT2D eigenvalue weighted by Gasteiger charge is -2.60. The third kappa shape index (κ3) is 6.09. The van der Waals surface area contributed by atoms with Crippen molar-refractivity contribution < 1.29 is 33.0 Å². The molecule has 5 heterocycles. The van der Waals surface area contributed by atoms with Gasteiger partial charge >= 0.3 is 0 Å². The summed E-state index contributed by atoms with van der Waals surface area (Å²) in [6, 6.07) is 5.85. The fourth-order valence-corrected chi connectivity index (χ4v) is 9.39. The lowest BCUT2D eigenvalue weighted by molar-refractivity contribution is -0.210. The number of halogens is 1. The molecule has 2 amide bonds. The number of methoxy groups -OCH3 is 2. The van der Waals surface area contributed by atoms with Crippen LogP contribution in [-0.2, 0) is 14.3 Å². The molecule has 5 fully saturated rings. The summed E-state index contributed by atoms with van der Waals surface area (Å²) in [6.07, 6.45) is 7.72. The zero-order valence-electron chi connectivity index (χ0n) is 29.2. The number of nitrogens with zero attached hydrogens (tertiary/aromatic N) is 6. The number of amides is 2. The van der Waals surface area contributed by atoms with Gasteiger partial charge in [-0.1, -0.05) is 18.9 Å². The van der Waals surface area contributed by atoms with E-state index in [0.29, 0.717) is 68.7 Å². The lowest BCUT2D eigenvalue weighted by atomic mass is 9.69. The molecule has 8 unspecified atom stereocenters. The van der Waals surface area contributed by atoms with Crippen LogP contribution in [0.25, 0.3) is 0 Å². The second-order valence-electron chi connectivity index (χ2n) is 14.5. The number of rotatable bonds is 7. The van der Waals surface area contributed by atoms with Crippen molar-refractivity contribution in [2.75, 3.05) is 58.4 Å². The summed E-state index contributed by atoms with van der Waals surface area (Å²) in [5, 5.41) is 3.13. The largest absolute Gasteiger partial charge is 0.493 e. The maximum atomic E-state index is 16.6. The van der Waals surface area contributed by atoms with E-state index in [1.54, 1.807) is 47.8 Å². The van der Waals surface area contributed by atoms with Gasteiger partial charge in [0.15, 0.2) is 17.3 Å². The molecule has 13 nitrogen and oxygen atoms in total. The van der Waals surface area contributed by atoms with Gasteiger partial charge in [0.2, 0.25) is 5.95 Å². The monoisotopic (exact) mass is 703 g/mol. The molecule has 14 heteroatoms. The Morgan fingerprint density at radius 3 is 2.51 bits per heavy atom. The summed E-state index contributed by atoms with van der Waals surface area (Å²) in [5.74, 6) is -0.0636. The minimum Gasteiger partial charge on any atom is -0.493 e. The molecule has 0 radical (unpaired) electrons. The van der Waals surface area contributed by atoms with E-state index < -0.39 is 24.2 Å². The number of hydrogen-bond donors (Lipinski definition) is 1. The van der Waals surface area contributed by atoms with Gasteiger partial charge in [0.25, 0.3) is 11.8 Å². The van der Waals surface area contributed by atoms with Crippen LogP contribution < -0.4 is 19.7 Å². The average Bonchev–Trinajstić information content (AvgIpc) is 3.62. The Labute approximate surface area is 297 Å². The zero-order valence-corrected chi connectivity index (χ0v) is 29.2. The molecular weight excluding hydrogens is 657 g/mol. The number of alkyl halides is 1. The topological polar surface area (TPSA) is 130 Å². The first-order chi connectivity index (χ1) is 24.9. The highest BCUT2D eigenvalue weighted by atomic mass is 19.1. The van der Waals surface area contributed by atoms with Gasteiger partial charge in [-0.25, -0.2) is 14.4 Å². The summed E-state index contributed by atoms with van der Waals surface area (Å²) >= 11 is 0. The van der Waals surface area contributed by atoms with Crippen LogP contribution in [-0.4, -0.2) is 138 Å². The maximum Gasteiger partial charge on any atom is 0.259 e. The molecule has 3 saturated heterocycles. The van der Waals surface area contributed by atoms with Crippen molar-refractivity contribution in [1.29, 1.82) is 0 Å². The van der Waals surface area contributed by atoms with E-state index >= 15 is 4.39 Å². The van der Waals surface area contributed by atoms with Gasteiger partial charge < -0.3 is 34.2 Å². The summed E-state index contributed by atoms with van der Waals surface area (Å²) in [6.45, 7) is 3.06. The van der Waals surface area contributed by atoms with Gasteiger partial charge in [-0.05, 0) is 43.9 Å². The number of ether oxygens (including phenoxy) is 3. The van der Waals surface area contributed by atoms with E-state index in [-0.39, 0.29) is 53.8 Å². The number of carbonyl (C=O) groups is 3. The van der Waals surface area contributed by atoms with Crippen molar-refractivity contribution in [1.82, 2.24) is 30.0 Å². The highest BCUT2D eigenvalue weighted by Crippen LogP contribution is 2.47. The minimum atomic E-state index is -1.33. The smallest absolute Gasteiger partial charge is 0.259 e. The number of Topliss-reactive ketones (excluding diaryl/α,β-unsaturated/α-hetero) is 1. The van der Waals surface area contributed by atoms with Gasteiger partial charge in [0.05, 0.1) is 55.7 Å². The summed E-state index contributed by atoms with van der Waals surface area (Å²) in [7, 11) is 3.03. The highest BCUT2D eigenvalue weighted by Gasteiger charge is 2.60. The van der Waals surface area contributed by atoms with Crippen LogP contribution >= 0.6 is 0 Å². The summed E-state index contributed by atoms with van der Waals surface area (Å²) in [4.78, 5) is 58.4. The number of benzene rings is 1. The molecule has 2 saturated carbocycles. The Hall–Kier alpha value is -4.30. The number of fused-ring (bicyclic) bond motifs is 2. The maximum absolute atomic E-state index is 16.6. The number of hydrogen-bond acceptors (Lipinski definition) is 11. The second kappa shape index (κ2) is 14.0. The van der Waals surface area contributed by atoms with Gasteiger partial charge in [-0.3, -0.25) is 19.3 Å². The van der Waals surface area contributed by atoms with E-state index in [0.717, 1.165) is 25.7 Å². The predicted molar refractivity (Wildman–Crippen MR) is 184 cm³/mol. The first-order valence-corrected chi connectivity index (χ1v) is 18.3. The molecule has 6 aliphatic rings. The van der Waals surface area contributed by atoms with Crippen LogP contribution in [0.4, 0.5) is 10.3 Å². The Morgan fingerprint density at radius 1 is 0.961 bits per heavy atom. The number of piperazine rings is 1. The third-order valence-corrected chi connectivity index (χ3v) is 11.8. The minimum absolute atomic E-state index is 0.0280. The number of likely N-dealkylation sites (tertiary alicyclic amines) is 1. The molecule has 2 aliphatic carbocycles. The van der Waals surface area contributed by atoms with Crippen LogP contribution in [0.2, 0.25) is 0 Å². The number of morpholine rings is 1. The van der Waals surface area contributed by atoms with Crippen molar-refractivity contribution in [3.8, 4) is 11.5 Å². The first kappa shape index (κ1) is 33.8. The van der Waals surface area contributed by atoms with Crippen LogP contribution in [0, 0.1) is 5.92 Å². The number of carbonyl (C=O) groups excluding carboxylic acids is 3. The molecule has 1 N–H and O–H groups in total. The predicted octanol–water partition coefficient (Wildman–Crippen LogP) is 2.22. The zero-order chi connectivity index (χ0) is 35.2. The van der Waals surface area contributed by atoms with E-state index in [9.17, 15) is 14.4 Å². The number of aromatic nitrogens is 2. The Morgan fingerprint density at radius 2 is 1.75 bits per heavy atom. The fraction of sp³-hybridized carbons (Fsp3) is 0.595. The van der Waals surface area contributed by atoms with Crippen molar-refractivity contribution >= 4 is 23.5 Å². The number of nitrogens with one attached hydrogen (secondary N) is 1. The third-order valence-electron chi connectivity index (χ3n) is 11.8. The molecule has 51 heavy (non-hydrogen) atoms. The quantitative estimate of drug-likeness (QED) is 0.427. The van der Waals surface area contributed by atoms with E-state index in [2.05, 4.69) is 25.1 Å². The summed E-state index contributed by atoms with van der Waals surface area (Å²) in [5.41, 5.74) is 0.534. The number of anilines is 1. The van der Waals surface area contributed by atoms with Gasteiger partial charge in [-0.15, -0.1) is 0 Å². The lowest BCUT2D eigenvalue weighted by Crippen LogP contribution is -2.73.